The Hall–Kier alpha value is -1.50. The molecule has 4 heteroatoms. The molecule has 4 nitrogen and oxygen atoms in total. The van der Waals surface area contributed by atoms with E-state index >= 15 is 0 Å². The highest BCUT2D eigenvalue weighted by molar-refractivity contribution is 5.77. The van der Waals surface area contributed by atoms with Crippen molar-refractivity contribution < 1.29 is 19.1 Å². The Morgan fingerprint density at radius 1 is 1.23 bits per heavy atom. The van der Waals surface area contributed by atoms with E-state index in [1.165, 1.54) is 0 Å². The highest BCUT2D eigenvalue weighted by atomic mass is 16.5. The fourth-order valence-electron chi connectivity index (χ4n) is 0.632. The molecule has 0 fully saturated rings. The van der Waals surface area contributed by atoms with Crippen LogP contribution in [-0.4, -0.2) is 25.2 Å². The third-order valence-electron chi connectivity index (χ3n) is 1.16. The lowest BCUT2D eigenvalue weighted by atomic mass is 10.3. The Morgan fingerprint density at radius 3 is 2.23 bits per heavy atom. The zero-order valence-electron chi connectivity index (χ0n) is 7.54. The summed E-state index contributed by atoms with van der Waals surface area (Å²) in [7, 11) is 0. The Bertz CT molecular complexity index is 214. The Kier molecular flexibility index (Phi) is 6.34. The van der Waals surface area contributed by atoms with Crippen molar-refractivity contribution in [3.8, 4) is 12.3 Å². The molecule has 0 amide bonds. The normalized spacial score (nSPS) is 8.62. The van der Waals surface area contributed by atoms with Crippen LogP contribution in [0.3, 0.4) is 0 Å². The molecule has 0 aliphatic rings. The first-order chi connectivity index (χ1) is 6.20. The molecular weight excluding hydrogens is 172 g/mol. The molecule has 0 saturated heterocycles. The number of terminal acetylenes is 1. The number of esters is 2. The van der Waals surface area contributed by atoms with Crippen molar-refractivity contribution in [3.63, 3.8) is 0 Å². The van der Waals surface area contributed by atoms with Crippen LogP contribution in [0.15, 0.2) is 0 Å². The van der Waals surface area contributed by atoms with E-state index in [-0.39, 0.29) is 19.4 Å². The Labute approximate surface area is 77.2 Å². The Balaban J connectivity index is 3.47. The van der Waals surface area contributed by atoms with Crippen molar-refractivity contribution in [1.82, 2.24) is 0 Å². The van der Waals surface area contributed by atoms with Crippen LogP contribution in [0.4, 0.5) is 0 Å². The predicted octanol–water partition coefficient (Wildman–Crippen LogP) is 0.506. The van der Waals surface area contributed by atoms with E-state index in [0.717, 1.165) is 0 Å². The number of hydrogen-bond acceptors (Lipinski definition) is 4. The second-order valence-corrected chi connectivity index (χ2v) is 2.17. The van der Waals surface area contributed by atoms with E-state index in [4.69, 9.17) is 6.42 Å². The van der Waals surface area contributed by atoms with Gasteiger partial charge in [-0.3, -0.25) is 9.59 Å². The van der Waals surface area contributed by atoms with Gasteiger partial charge in [0.25, 0.3) is 0 Å². The number of hydrogen-bond donors (Lipinski definition) is 0. The van der Waals surface area contributed by atoms with Gasteiger partial charge in [0.1, 0.15) is 0 Å². The third kappa shape index (κ3) is 6.88. The summed E-state index contributed by atoms with van der Waals surface area (Å²) in [5.74, 6) is 1.27. The van der Waals surface area contributed by atoms with Gasteiger partial charge in [0, 0.05) is 0 Å². The summed E-state index contributed by atoms with van der Waals surface area (Å²) in [6.45, 7) is 1.97. The molecule has 0 radical (unpaired) electrons. The molecule has 0 aliphatic carbocycles. The molecule has 0 aliphatic heterocycles. The third-order valence-corrected chi connectivity index (χ3v) is 1.16. The molecule has 0 atom stereocenters. The van der Waals surface area contributed by atoms with E-state index in [2.05, 4.69) is 15.4 Å². The highest BCUT2D eigenvalue weighted by Crippen LogP contribution is 1.95. The minimum Gasteiger partial charge on any atom is -0.466 e. The first-order valence-corrected chi connectivity index (χ1v) is 3.95. The van der Waals surface area contributed by atoms with E-state index in [9.17, 15) is 9.59 Å². The highest BCUT2D eigenvalue weighted by Gasteiger charge is 2.07. The van der Waals surface area contributed by atoms with Crippen molar-refractivity contribution in [1.29, 1.82) is 0 Å². The van der Waals surface area contributed by atoms with Gasteiger partial charge >= 0.3 is 11.9 Å². The molecule has 0 N–H and O–H groups in total. The molecule has 0 rings (SSSR count). The molecule has 0 bridgehead atoms. The topological polar surface area (TPSA) is 52.6 Å². The summed E-state index contributed by atoms with van der Waals surface area (Å²) in [6, 6.07) is 0. The molecule has 0 aromatic carbocycles. The molecule has 0 spiro atoms. The standard InChI is InChI=1S/C9H12O4/c1-3-7-13-9(11)6-5-8(10)12-4-2/h1H,4-7H2,2H3. The van der Waals surface area contributed by atoms with Gasteiger partial charge in [0.2, 0.25) is 0 Å². The molecule has 72 valence electrons. The minimum absolute atomic E-state index is 0.0144. The quantitative estimate of drug-likeness (QED) is 0.461. The van der Waals surface area contributed by atoms with E-state index in [0.29, 0.717) is 6.61 Å². The average molecular weight is 184 g/mol. The van der Waals surface area contributed by atoms with Crippen LogP contribution in [0.5, 0.6) is 0 Å². The van der Waals surface area contributed by atoms with Gasteiger partial charge in [-0.15, -0.1) is 6.42 Å². The van der Waals surface area contributed by atoms with Gasteiger partial charge in [-0.2, -0.15) is 0 Å². The van der Waals surface area contributed by atoms with Crippen LogP contribution in [0.2, 0.25) is 0 Å². The van der Waals surface area contributed by atoms with E-state index < -0.39 is 11.9 Å². The van der Waals surface area contributed by atoms with Crippen molar-refractivity contribution in [2.24, 2.45) is 0 Å². The second-order valence-electron chi connectivity index (χ2n) is 2.17. The maximum atomic E-state index is 10.8. The van der Waals surface area contributed by atoms with Crippen LogP contribution >= 0.6 is 0 Å². The molecule has 13 heavy (non-hydrogen) atoms. The maximum Gasteiger partial charge on any atom is 0.307 e. The average Bonchev–Trinajstić information content (AvgIpc) is 2.12. The summed E-state index contributed by atoms with van der Waals surface area (Å²) < 4.78 is 9.15. The molecule has 0 heterocycles. The van der Waals surface area contributed by atoms with Crippen LogP contribution in [0.25, 0.3) is 0 Å². The Morgan fingerprint density at radius 2 is 1.77 bits per heavy atom. The molecule has 0 aromatic rings. The van der Waals surface area contributed by atoms with E-state index in [1.807, 2.05) is 0 Å². The molecule has 0 aromatic heterocycles. The van der Waals surface area contributed by atoms with Gasteiger partial charge in [0.15, 0.2) is 6.61 Å². The minimum atomic E-state index is -0.481. The van der Waals surface area contributed by atoms with Gasteiger partial charge in [-0.05, 0) is 6.92 Å². The largest absolute Gasteiger partial charge is 0.466 e. The fraction of sp³-hybridized carbons (Fsp3) is 0.556. The zero-order chi connectivity index (χ0) is 10.1. The van der Waals surface area contributed by atoms with Gasteiger partial charge < -0.3 is 9.47 Å². The number of ether oxygens (including phenoxy) is 2. The smallest absolute Gasteiger partial charge is 0.307 e. The lowest BCUT2D eigenvalue weighted by molar-refractivity contribution is -0.149. The SMILES string of the molecule is C#CCOC(=O)CCC(=O)OCC. The van der Waals surface area contributed by atoms with Crippen LogP contribution in [-0.2, 0) is 19.1 Å². The summed E-state index contributed by atoms with van der Waals surface area (Å²) in [5, 5.41) is 0. The molecular formula is C9H12O4. The van der Waals surface area contributed by atoms with Crippen molar-refractivity contribution >= 4 is 11.9 Å². The first-order valence-electron chi connectivity index (χ1n) is 3.95. The van der Waals surface area contributed by atoms with Crippen molar-refractivity contribution in [2.45, 2.75) is 19.8 Å². The fourth-order valence-corrected chi connectivity index (χ4v) is 0.632. The predicted molar refractivity (Wildman–Crippen MR) is 45.7 cm³/mol. The summed E-state index contributed by atoms with van der Waals surface area (Å²) in [5.41, 5.74) is 0. The first kappa shape index (κ1) is 11.5. The van der Waals surface area contributed by atoms with E-state index in [1.54, 1.807) is 6.92 Å². The van der Waals surface area contributed by atoms with Crippen LogP contribution < -0.4 is 0 Å². The summed E-state index contributed by atoms with van der Waals surface area (Å²) in [6.07, 6.45) is 4.91. The monoisotopic (exact) mass is 184 g/mol. The number of rotatable bonds is 5. The number of carbonyl (C=O) groups excluding carboxylic acids is 2. The summed E-state index contributed by atoms with van der Waals surface area (Å²) in [4.78, 5) is 21.5. The lowest BCUT2D eigenvalue weighted by Crippen LogP contribution is -2.10. The molecule has 0 unspecified atom stereocenters. The molecule has 0 saturated carbocycles. The van der Waals surface area contributed by atoms with Gasteiger partial charge in [0.05, 0.1) is 19.4 Å². The van der Waals surface area contributed by atoms with Crippen molar-refractivity contribution in [3.05, 3.63) is 0 Å². The van der Waals surface area contributed by atoms with Gasteiger partial charge in [-0.1, -0.05) is 5.92 Å². The van der Waals surface area contributed by atoms with Crippen LogP contribution in [0, 0.1) is 12.3 Å². The van der Waals surface area contributed by atoms with Crippen LogP contribution in [0.1, 0.15) is 19.8 Å². The lowest BCUT2D eigenvalue weighted by Gasteiger charge is -2.01. The van der Waals surface area contributed by atoms with Gasteiger partial charge in [-0.25, -0.2) is 0 Å². The second kappa shape index (κ2) is 7.17. The number of carbonyl (C=O) groups is 2. The maximum absolute atomic E-state index is 10.8. The zero-order valence-corrected chi connectivity index (χ0v) is 7.54. The summed E-state index contributed by atoms with van der Waals surface area (Å²) >= 11 is 0. The van der Waals surface area contributed by atoms with Crippen molar-refractivity contribution in [2.75, 3.05) is 13.2 Å².